The Balaban J connectivity index is 2.54. The Morgan fingerprint density at radius 2 is 2.16 bits per heavy atom. The molecule has 0 aliphatic heterocycles. The van der Waals surface area contributed by atoms with Crippen molar-refractivity contribution in [2.24, 2.45) is 5.73 Å². The van der Waals surface area contributed by atoms with Gasteiger partial charge in [-0.15, -0.1) is 0 Å². The molecule has 5 heteroatoms. The van der Waals surface area contributed by atoms with Crippen molar-refractivity contribution in [3.05, 3.63) is 45.8 Å². The van der Waals surface area contributed by atoms with Crippen molar-refractivity contribution in [2.45, 2.75) is 6.42 Å². The second-order valence-electron chi connectivity index (χ2n) is 3.83. The Bertz CT molecular complexity index is 749. The number of hydrogen-bond donors (Lipinski definition) is 2. The summed E-state index contributed by atoms with van der Waals surface area (Å²) in [5.41, 5.74) is 5.82. The zero-order chi connectivity index (χ0) is 13.8. The number of benzene rings is 1. The Hall–Kier alpha value is -2.58. The number of carboxylic acids is 1. The van der Waals surface area contributed by atoms with Crippen LogP contribution in [0, 0.1) is 11.8 Å². The molecule has 0 amide bonds. The van der Waals surface area contributed by atoms with Gasteiger partial charge in [0.2, 0.25) is 5.76 Å². The van der Waals surface area contributed by atoms with Crippen LogP contribution < -0.4 is 11.2 Å². The van der Waals surface area contributed by atoms with E-state index in [-0.39, 0.29) is 11.3 Å². The van der Waals surface area contributed by atoms with Crippen LogP contribution in [-0.4, -0.2) is 17.6 Å². The maximum Gasteiger partial charge on any atom is 0.371 e. The first-order valence-electron chi connectivity index (χ1n) is 5.62. The third-order valence-corrected chi connectivity index (χ3v) is 2.44. The van der Waals surface area contributed by atoms with Crippen LogP contribution in [-0.2, 0) is 0 Å². The van der Waals surface area contributed by atoms with Crippen LogP contribution in [0.2, 0.25) is 0 Å². The molecule has 3 N–H and O–H groups in total. The molecule has 0 saturated heterocycles. The number of carboxylic acid groups (broad SMARTS) is 1. The minimum atomic E-state index is -1.27. The summed E-state index contributed by atoms with van der Waals surface area (Å²) in [6.45, 7) is 0.477. The van der Waals surface area contributed by atoms with E-state index >= 15 is 0 Å². The monoisotopic (exact) mass is 257 g/mol. The number of fused-ring (bicyclic) bond motifs is 1. The average Bonchev–Trinajstić information content (AvgIpc) is 2.39. The molecule has 96 valence electrons. The second-order valence-corrected chi connectivity index (χ2v) is 3.83. The van der Waals surface area contributed by atoms with Crippen molar-refractivity contribution in [1.29, 1.82) is 0 Å². The van der Waals surface area contributed by atoms with Gasteiger partial charge in [-0.25, -0.2) is 4.79 Å². The Morgan fingerprint density at radius 1 is 1.37 bits per heavy atom. The van der Waals surface area contributed by atoms with E-state index in [1.807, 2.05) is 0 Å². The normalized spacial score (nSPS) is 9.95. The van der Waals surface area contributed by atoms with E-state index < -0.39 is 11.4 Å². The molecule has 1 aromatic carbocycles. The number of nitrogens with two attached hydrogens (primary N) is 1. The smallest absolute Gasteiger partial charge is 0.371 e. The maximum atomic E-state index is 11.8. The number of hydrogen-bond acceptors (Lipinski definition) is 4. The Kier molecular flexibility index (Phi) is 3.64. The molecule has 0 radical (unpaired) electrons. The van der Waals surface area contributed by atoms with Crippen LogP contribution in [0.5, 0.6) is 0 Å². The summed E-state index contributed by atoms with van der Waals surface area (Å²) in [5.74, 6) is 4.09. The minimum absolute atomic E-state index is 0.231. The lowest BCUT2D eigenvalue weighted by molar-refractivity contribution is 0.0663. The van der Waals surface area contributed by atoms with E-state index in [1.54, 1.807) is 12.1 Å². The lowest BCUT2D eigenvalue weighted by Gasteiger charge is -1.99. The third kappa shape index (κ3) is 2.81. The highest BCUT2D eigenvalue weighted by Gasteiger charge is 2.10. The summed E-state index contributed by atoms with van der Waals surface area (Å²) in [6.07, 6.45) is 0.574. The summed E-state index contributed by atoms with van der Waals surface area (Å²) in [7, 11) is 0. The van der Waals surface area contributed by atoms with E-state index in [9.17, 15) is 9.59 Å². The van der Waals surface area contributed by atoms with Crippen LogP contribution in [0.3, 0.4) is 0 Å². The van der Waals surface area contributed by atoms with Gasteiger partial charge in [0, 0.05) is 24.6 Å². The fraction of sp³-hybridized carbons (Fsp3) is 0.143. The molecule has 0 bridgehead atoms. The topological polar surface area (TPSA) is 93.5 Å². The van der Waals surface area contributed by atoms with E-state index in [0.29, 0.717) is 23.9 Å². The summed E-state index contributed by atoms with van der Waals surface area (Å²) in [5, 5.41) is 9.11. The molecular formula is C14H11NO4. The molecule has 0 atom stereocenters. The van der Waals surface area contributed by atoms with E-state index in [1.165, 1.54) is 6.07 Å². The zero-order valence-corrected chi connectivity index (χ0v) is 9.97. The lowest BCUT2D eigenvalue weighted by Crippen LogP contribution is -2.06. The third-order valence-electron chi connectivity index (χ3n) is 2.44. The van der Waals surface area contributed by atoms with Gasteiger partial charge in [0.25, 0.3) is 0 Å². The maximum absolute atomic E-state index is 11.8. The van der Waals surface area contributed by atoms with Gasteiger partial charge < -0.3 is 15.3 Å². The van der Waals surface area contributed by atoms with Gasteiger partial charge in [0.05, 0.1) is 5.39 Å². The fourth-order valence-electron chi connectivity index (χ4n) is 1.58. The highest BCUT2D eigenvalue weighted by Crippen LogP contribution is 2.14. The minimum Gasteiger partial charge on any atom is -0.475 e. The lowest BCUT2D eigenvalue weighted by atomic mass is 10.1. The average molecular weight is 257 g/mol. The van der Waals surface area contributed by atoms with Crippen molar-refractivity contribution in [1.82, 2.24) is 0 Å². The largest absolute Gasteiger partial charge is 0.475 e. The number of aromatic carboxylic acids is 1. The van der Waals surface area contributed by atoms with Crippen LogP contribution in [0.25, 0.3) is 11.0 Å². The van der Waals surface area contributed by atoms with Crippen LogP contribution in [0.1, 0.15) is 22.5 Å². The van der Waals surface area contributed by atoms with Crippen LogP contribution in [0.15, 0.2) is 33.5 Å². The highest BCUT2D eigenvalue weighted by molar-refractivity contribution is 5.87. The molecule has 0 saturated carbocycles. The molecule has 2 aromatic rings. The van der Waals surface area contributed by atoms with Crippen LogP contribution in [0.4, 0.5) is 0 Å². The van der Waals surface area contributed by atoms with E-state index in [4.69, 9.17) is 15.3 Å². The first-order chi connectivity index (χ1) is 9.11. The van der Waals surface area contributed by atoms with Crippen molar-refractivity contribution >= 4 is 16.9 Å². The van der Waals surface area contributed by atoms with Gasteiger partial charge in [0.15, 0.2) is 5.43 Å². The van der Waals surface area contributed by atoms with Gasteiger partial charge in [-0.2, -0.15) is 0 Å². The molecule has 0 unspecified atom stereocenters. The van der Waals surface area contributed by atoms with E-state index in [0.717, 1.165) is 6.07 Å². The fourth-order valence-corrected chi connectivity index (χ4v) is 1.58. The summed E-state index contributed by atoms with van der Waals surface area (Å²) in [4.78, 5) is 22.6. The molecule has 5 nitrogen and oxygen atoms in total. The number of carbonyl (C=O) groups is 1. The van der Waals surface area contributed by atoms with Crippen molar-refractivity contribution < 1.29 is 14.3 Å². The quantitative estimate of drug-likeness (QED) is 0.788. The predicted octanol–water partition coefficient (Wildman–Crippen LogP) is 1.19. The second kappa shape index (κ2) is 5.38. The summed E-state index contributed by atoms with van der Waals surface area (Å²) in [6, 6.07) is 5.74. The molecule has 1 heterocycles. The molecule has 0 fully saturated rings. The van der Waals surface area contributed by atoms with Crippen LogP contribution >= 0.6 is 0 Å². The molecule has 19 heavy (non-hydrogen) atoms. The molecule has 1 aromatic heterocycles. The van der Waals surface area contributed by atoms with Crippen molar-refractivity contribution in [3.63, 3.8) is 0 Å². The van der Waals surface area contributed by atoms with Gasteiger partial charge in [-0.05, 0) is 18.2 Å². The van der Waals surface area contributed by atoms with Gasteiger partial charge in [-0.1, -0.05) is 11.8 Å². The Morgan fingerprint density at radius 3 is 2.84 bits per heavy atom. The van der Waals surface area contributed by atoms with Gasteiger partial charge in [0.1, 0.15) is 5.58 Å². The molecule has 0 aliphatic rings. The van der Waals surface area contributed by atoms with Crippen molar-refractivity contribution in [3.8, 4) is 11.8 Å². The van der Waals surface area contributed by atoms with E-state index in [2.05, 4.69) is 11.8 Å². The standard InChI is InChI=1S/C14H11NO4/c15-6-2-1-3-9-4-5-12-10(7-9)11(16)8-13(19-12)14(17)18/h4-5,7-8H,2,6,15H2,(H,17,18). The van der Waals surface area contributed by atoms with Crippen molar-refractivity contribution in [2.75, 3.05) is 6.54 Å². The predicted molar refractivity (Wildman–Crippen MR) is 70.0 cm³/mol. The first kappa shape index (κ1) is 12.9. The molecule has 0 spiro atoms. The first-order valence-corrected chi connectivity index (χ1v) is 5.62. The molecule has 0 aliphatic carbocycles. The zero-order valence-electron chi connectivity index (χ0n) is 9.97. The molecular weight excluding hydrogens is 246 g/mol. The summed E-state index contributed by atoms with van der Waals surface area (Å²) >= 11 is 0. The number of rotatable bonds is 2. The SMILES string of the molecule is NCCC#Cc1ccc2oc(C(=O)O)cc(=O)c2c1. The molecule has 2 rings (SSSR count). The van der Waals surface area contributed by atoms with Gasteiger partial charge >= 0.3 is 5.97 Å². The highest BCUT2D eigenvalue weighted by atomic mass is 16.4. The van der Waals surface area contributed by atoms with Gasteiger partial charge in [-0.3, -0.25) is 4.79 Å². The summed E-state index contributed by atoms with van der Waals surface area (Å²) < 4.78 is 5.12. The Labute approximate surface area is 108 Å².